The van der Waals surface area contributed by atoms with E-state index in [9.17, 15) is 14.4 Å². The van der Waals surface area contributed by atoms with Crippen LogP contribution in [0.3, 0.4) is 0 Å². The molecule has 7 nitrogen and oxygen atoms in total. The van der Waals surface area contributed by atoms with Crippen LogP contribution in [-0.4, -0.2) is 50.0 Å². The minimum Gasteiger partial charge on any atom is -0.497 e. The van der Waals surface area contributed by atoms with Crippen LogP contribution in [0.15, 0.2) is 48.6 Å². The molecule has 1 aromatic rings. The third kappa shape index (κ3) is 7.83. The monoisotopic (exact) mass is 346 g/mol. The van der Waals surface area contributed by atoms with Gasteiger partial charge in [-0.1, -0.05) is 24.3 Å². The Bertz CT molecular complexity index is 667. The van der Waals surface area contributed by atoms with Crippen molar-refractivity contribution in [2.75, 3.05) is 32.6 Å². The molecule has 0 aliphatic heterocycles. The first-order chi connectivity index (χ1) is 12.0. The Balaban J connectivity index is 2.43. The number of nitrogens with one attached hydrogen (secondary N) is 1. The van der Waals surface area contributed by atoms with E-state index in [0.29, 0.717) is 11.4 Å². The van der Waals surface area contributed by atoms with Crippen LogP contribution in [0.25, 0.3) is 0 Å². The maximum Gasteiger partial charge on any atom is 0.331 e. The second-order valence-electron chi connectivity index (χ2n) is 5.02. The summed E-state index contributed by atoms with van der Waals surface area (Å²) in [6.45, 7) is 1.22. The smallest absolute Gasteiger partial charge is 0.331 e. The number of nitrogens with zero attached hydrogens (tertiary/aromatic N) is 1. The van der Waals surface area contributed by atoms with Gasteiger partial charge in [-0.2, -0.15) is 0 Å². The van der Waals surface area contributed by atoms with Gasteiger partial charge in [0.1, 0.15) is 5.75 Å². The lowest BCUT2D eigenvalue weighted by Crippen LogP contribution is -2.37. The van der Waals surface area contributed by atoms with E-state index in [1.165, 1.54) is 31.2 Å². The number of rotatable bonds is 8. The maximum absolute atomic E-state index is 12.0. The summed E-state index contributed by atoms with van der Waals surface area (Å²) in [5.74, 6) is -0.863. The molecule has 0 saturated carbocycles. The number of benzene rings is 1. The molecule has 0 unspecified atom stereocenters. The number of anilines is 1. The topological polar surface area (TPSA) is 84.9 Å². The molecule has 1 aromatic carbocycles. The Hall–Kier alpha value is -3.09. The maximum atomic E-state index is 12.0. The number of carbonyl (C=O) groups excluding carboxylic acids is 3. The highest BCUT2D eigenvalue weighted by Gasteiger charge is 2.14. The van der Waals surface area contributed by atoms with Crippen molar-refractivity contribution in [1.29, 1.82) is 0 Å². The number of carbonyl (C=O) groups is 3. The van der Waals surface area contributed by atoms with Crippen molar-refractivity contribution >= 4 is 23.5 Å². The Morgan fingerprint density at radius 2 is 2.00 bits per heavy atom. The van der Waals surface area contributed by atoms with Gasteiger partial charge in [0.05, 0.1) is 13.7 Å². The van der Waals surface area contributed by atoms with Crippen LogP contribution in [-0.2, 0) is 19.1 Å². The predicted molar refractivity (Wildman–Crippen MR) is 94.2 cm³/mol. The Morgan fingerprint density at radius 3 is 2.68 bits per heavy atom. The lowest BCUT2D eigenvalue weighted by Gasteiger charge is -2.16. The second-order valence-corrected chi connectivity index (χ2v) is 5.02. The molecule has 1 N–H and O–H groups in total. The van der Waals surface area contributed by atoms with Gasteiger partial charge in [-0.05, 0) is 19.1 Å². The molecule has 0 saturated heterocycles. The average molecular weight is 346 g/mol. The van der Waals surface area contributed by atoms with E-state index in [1.54, 1.807) is 36.4 Å². The zero-order chi connectivity index (χ0) is 18.7. The van der Waals surface area contributed by atoms with Crippen molar-refractivity contribution in [1.82, 2.24) is 4.90 Å². The summed E-state index contributed by atoms with van der Waals surface area (Å²) in [5, 5.41) is 2.66. The van der Waals surface area contributed by atoms with Crippen molar-refractivity contribution in [3.8, 4) is 5.75 Å². The van der Waals surface area contributed by atoms with Crippen molar-refractivity contribution in [3.05, 3.63) is 48.6 Å². The van der Waals surface area contributed by atoms with Crippen LogP contribution < -0.4 is 10.1 Å². The Morgan fingerprint density at radius 1 is 1.24 bits per heavy atom. The van der Waals surface area contributed by atoms with Crippen LogP contribution in [0.4, 0.5) is 5.69 Å². The Kier molecular flexibility index (Phi) is 8.49. The molecule has 1 rings (SSSR count). The van der Waals surface area contributed by atoms with Gasteiger partial charge < -0.3 is 19.7 Å². The van der Waals surface area contributed by atoms with E-state index < -0.39 is 18.5 Å². The van der Waals surface area contributed by atoms with Gasteiger partial charge in [0.25, 0.3) is 5.91 Å². The summed E-state index contributed by atoms with van der Waals surface area (Å²) in [7, 11) is 2.99. The van der Waals surface area contributed by atoms with Crippen molar-refractivity contribution in [3.63, 3.8) is 0 Å². The molecule has 7 heteroatoms. The lowest BCUT2D eigenvalue weighted by atomic mass is 10.3. The highest BCUT2D eigenvalue weighted by atomic mass is 16.5. The molecule has 0 spiro atoms. The van der Waals surface area contributed by atoms with E-state index in [2.05, 4.69) is 5.32 Å². The Labute approximate surface area is 146 Å². The molecule has 0 aliphatic carbocycles. The quantitative estimate of drug-likeness (QED) is 0.440. The minimum absolute atomic E-state index is 0.165. The highest BCUT2D eigenvalue weighted by molar-refractivity contribution is 5.95. The lowest BCUT2D eigenvalue weighted by molar-refractivity contribution is -0.148. The predicted octanol–water partition coefficient (Wildman–Crippen LogP) is 1.77. The first kappa shape index (κ1) is 20.0. The van der Waals surface area contributed by atoms with Crippen molar-refractivity contribution in [2.24, 2.45) is 0 Å². The van der Waals surface area contributed by atoms with Gasteiger partial charge in [0, 0.05) is 24.9 Å². The van der Waals surface area contributed by atoms with E-state index in [1.807, 2.05) is 6.92 Å². The summed E-state index contributed by atoms with van der Waals surface area (Å²) < 4.78 is 9.87. The molecule has 0 fully saturated rings. The van der Waals surface area contributed by atoms with Gasteiger partial charge in [0.2, 0.25) is 5.91 Å². The van der Waals surface area contributed by atoms with Crippen molar-refractivity contribution < 1.29 is 23.9 Å². The molecular weight excluding hydrogens is 324 g/mol. The fourth-order valence-electron chi connectivity index (χ4n) is 1.74. The van der Waals surface area contributed by atoms with E-state index in [0.717, 1.165) is 0 Å². The number of hydrogen-bond acceptors (Lipinski definition) is 5. The number of likely N-dealkylation sites (N-methyl/N-ethyl adjacent to an activating group) is 1. The third-order valence-electron chi connectivity index (χ3n) is 3.03. The van der Waals surface area contributed by atoms with Gasteiger partial charge in [-0.25, -0.2) is 4.79 Å². The summed E-state index contributed by atoms with van der Waals surface area (Å²) in [5.41, 5.74) is 0.561. The fraction of sp³-hybridized carbons (Fsp3) is 0.278. The number of hydrogen-bond donors (Lipinski definition) is 1. The molecule has 0 heterocycles. The molecule has 0 aromatic heterocycles. The van der Waals surface area contributed by atoms with Gasteiger partial charge in [-0.3, -0.25) is 9.59 Å². The fourth-order valence-corrected chi connectivity index (χ4v) is 1.74. The van der Waals surface area contributed by atoms with Crippen LogP contribution in [0.2, 0.25) is 0 Å². The number of ether oxygens (including phenoxy) is 2. The molecular formula is C18H22N2O5. The first-order valence-electron chi connectivity index (χ1n) is 7.60. The van der Waals surface area contributed by atoms with Crippen LogP contribution >= 0.6 is 0 Å². The number of esters is 1. The normalized spacial score (nSPS) is 10.7. The van der Waals surface area contributed by atoms with E-state index >= 15 is 0 Å². The minimum atomic E-state index is -0.624. The van der Waals surface area contributed by atoms with Crippen LogP contribution in [0.5, 0.6) is 5.75 Å². The summed E-state index contributed by atoms with van der Waals surface area (Å²) >= 11 is 0. The molecule has 0 atom stereocenters. The molecule has 25 heavy (non-hydrogen) atoms. The number of amides is 2. The van der Waals surface area contributed by atoms with Crippen molar-refractivity contribution in [2.45, 2.75) is 6.92 Å². The average Bonchev–Trinajstić information content (AvgIpc) is 2.59. The second kappa shape index (κ2) is 10.6. The largest absolute Gasteiger partial charge is 0.497 e. The SMILES string of the molecule is C/C=C/C=C/C(=O)OCC(=O)N(C)CC(=O)Nc1cccc(OC)c1. The molecule has 0 aliphatic rings. The molecule has 134 valence electrons. The number of methoxy groups -OCH3 is 1. The standard InChI is InChI=1S/C18H22N2O5/c1-4-5-6-10-18(23)25-13-17(22)20(2)12-16(21)19-14-8-7-9-15(11-14)24-3/h4-11H,12-13H2,1-3H3,(H,19,21)/b5-4+,10-6+. The van der Waals surface area contributed by atoms with Crippen LogP contribution in [0.1, 0.15) is 6.92 Å². The zero-order valence-electron chi connectivity index (χ0n) is 14.5. The molecule has 0 radical (unpaired) electrons. The van der Waals surface area contributed by atoms with E-state index in [4.69, 9.17) is 9.47 Å². The molecule has 0 bridgehead atoms. The van der Waals surface area contributed by atoms with Crippen LogP contribution in [0, 0.1) is 0 Å². The highest BCUT2D eigenvalue weighted by Crippen LogP contribution is 2.16. The van der Waals surface area contributed by atoms with Gasteiger partial charge in [-0.15, -0.1) is 0 Å². The third-order valence-corrected chi connectivity index (χ3v) is 3.03. The summed E-state index contributed by atoms with van der Waals surface area (Å²) in [6, 6.07) is 6.87. The van der Waals surface area contributed by atoms with Gasteiger partial charge >= 0.3 is 5.97 Å². The number of allylic oxidation sites excluding steroid dienone is 3. The zero-order valence-corrected chi connectivity index (χ0v) is 14.5. The van der Waals surface area contributed by atoms with E-state index in [-0.39, 0.29) is 12.5 Å². The summed E-state index contributed by atoms with van der Waals surface area (Å²) in [6.07, 6.45) is 6.14. The molecule has 2 amide bonds. The summed E-state index contributed by atoms with van der Waals surface area (Å²) in [4.78, 5) is 36.4. The van der Waals surface area contributed by atoms with Gasteiger partial charge in [0.15, 0.2) is 6.61 Å². The first-order valence-corrected chi connectivity index (χ1v) is 7.60.